The van der Waals surface area contributed by atoms with E-state index in [0.29, 0.717) is 32.8 Å². The fourth-order valence-corrected chi connectivity index (χ4v) is 4.42. The zero-order valence-electron chi connectivity index (χ0n) is 21.5. The van der Waals surface area contributed by atoms with Crippen LogP contribution in [0.1, 0.15) is 135 Å². The van der Waals surface area contributed by atoms with Crippen LogP contribution in [0.2, 0.25) is 0 Å². The zero-order chi connectivity index (χ0) is 23.0. The molecular weight excluding hydrogens is 400 g/mol. The van der Waals surface area contributed by atoms with Gasteiger partial charge in [-0.1, -0.05) is 116 Å². The van der Waals surface area contributed by atoms with Crippen LogP contribution in [0, 0.1) is 0 Å². The second-order valence-corrected chi connectivity index (χ2v) is 9.88. The molecule has 0 aliphatic carbocycles. The van der Waals surface area contributed by atoms with Crippen LogP contribution >= 0.6 is 0 Å². The topological polar surface area (TPSA) is 47.9 Å². The van der Waals surface area contributed by atoms with Crippen molar-refractivity contribution in [2.45, 2.75) is 148 Å². The molecule has 0 aromatic carbocycles. The van der Waals surface area contributed by atoms with Crippen molar-refractivity contribution in [3.63, 3.8) is 0 Å². The van der Waals surface area contributed by atoms with Crippen LogP contribution in [0.4, 0.5) is 0 Å². The number of unbranched alkanes of at least 4 members (excludes halogenated alkanes) is 17. The molecule has 0 amide bonds. The van der Waals surface area contributed by atoms with Gasteiger partial charge in [-0.15, -0.1) is 0 Å². The highest BCUT2D eigenvalue weighted by atomic mass is 16.5. The summed E-state index contributed by atoms with van der Waals surface area (Å²) in [5, 5.41) is 9.64. The molecule has 1 heterocycles. The van der Waals surface area contributed by atoms with Gasteiger partial charge in [-0.2, -0.15) is 0 Å². The smallest absolute Gasteiger partial charge is 0.0830 e. The first-order valence-electron chi connectivity index (χ1n) is 14.3. The quantitative estimate of drug-likeness (QED) is 0.192. The molecule has 32 heavy (non-hydrogen) atoms. The molecule has 4 nitrogen and oxygen atoms in total. The Morgan fingerprint density at radius 1 is 0.594 bits per heavy atom. The van der Waals surface area contributed by atoms with Gasteiger partial charge in [0.15, 0.2) is 0 Å². The number of ether oxygens (including phenoxy) is 3. The van der Waals surface area contributed by atoms with E-state index < -0.39 is 6.10 Å². The lowest BCUT2D eigenvalue weighted by Gasteiger charge is -2.21. The van der Waals surface area contributed by atoms with Crippen LogP contribution < -0.4 is 0 Å². The van der Waals surface area contributed by atoms with Crippen LogP contribution in [-0.4, -0.2) is 50.3 Å². The first-order valence-corrected chi connectivity index (χ1v) is 14.3. The molecule has 1 fully saturated rings. The van der Waals surface area contributed by atoms with Crippen molar-refractivity contribution in [2.24, 2.45) is 0 Å². The van der Waals surface area contributed by atoms with Crippen LogP contribution in [0.5, 0.6) is 0 Å². The largest absolute Gasteiger partial charge is 0.391 e. The van der Waals surface area contributed by atoms with Gasteiger partial charge in [0.05, 0.1) is 25.4 Å². The van der Waals surface area contributed by atoms with E-state index in [2.05, 4.69) is 6.92 Å². The highest BCUT2D eigenvalue weighted by Crippen LogP contribution is 2.14. The molecule has 0 aromatic rings. The third kappa shape index (κ3) is 20.4. The molecule has 0 saturated carbocycles. The maximum Gasteiger partial charge on any atom is 0.0830 e. The van der Waals surface area contributed by atoms with Gasteiger partial charge in [-0.3, -0.25) is 0 Å². The summed E-state index contributed by atoms with van der Waals surface area (Å²) in [5.41, 5.74) is 0. The van der Waals surface area contributed by atoms with E-state index in [1.54, 1.807) is 0 Å². The Balaban J connectivity index is 1.76. The Morgan fingerprint density at radius 2 is 1.03 bits per heavy atom. The Hall–Kier alpha value is -0.160. The van der Waals surface area contributed by atoms with E-state index in [4.69, 9.17) is 14.2 Å². The molecule has 0 radical (unpaired) electrons. The lowest BCUT2D eigenvalue weighted by Crippen LogP contribution is -2.27. The Bertz CT molecular complexity index is 351. The van der Waals surface area contributed by atoms with Crippen LogP contribution in [-0.2, 0) is 14.2 Å². The minimum atomic E-state index is -0.396. The molecular formula is C28H56O4. The number of aliphatic hydroxyl groups excluding tert-OH is 1. The minimum Gasteiger partial charge on any atom is -0.391 e. The molecule has 192 valence electrons. The summed E-state index contributed by atoms with van der Waals surface area (Å²) in [4.78, 5) is 0. The van der Waals surface area contributed by atoms with E-state index in [0.717, 1.165) is 19.4 Å². The summed E-state index contributed by atoms with van der Waals surface area (Å²) in [5.74, 6) is 0. The van der Waals surface area contributed by atoms with E-state index >= 15 is 0 Å². The van der Waals surface area contributed by atoms with Crippen molar-refractivity contribution in [2.75, 3.05) is 33.0 Å². The summed E-state index contributed by atoms with van der Waals surface area (Å²) < 4.78 is 17.2. The Morgan fingerprint density at radius 3 is 1.56 bits per heavy atom. The molecule has 4 heteroatoms. The first-order chi connectivity index (χ1) is 15.8. The monoisotopic (exact) mass is 456 g/mol. The minimum absolute atomic E-state index is 0.135. The van der Waals surface area contributed by atoms with Gasteiger partial charge in [-0.05, 0) is 19.3 Å². The summed E-state index contributed by atoms with van der Waals surface area (Å²) in [6, 6.07) is 0. The van der Waals surface area contributed by atoms with Gasteiger partial charge in [0.1, 0.15) is 0 Å². The number of rotatable bonds is 20. The summed E-state index contributed by atoms with van der Waals surface area (Å²) in [7, 11) is 0. The highest BCUT2D eigenvalue weighted by molar-refractivity contribution is 4.61. The van der Waals surface area contributed by atoms with Gasteiger partial charge in [0, 0.05) is 19.8 Å². The SMILES string of the molecule is CCCCCCCCCCCCCCCCCCCCOC1CCOCC(O)CCOC1. The summed E-state index contributed by atoms with van der Waals surface area (Å²) in [6.07, 6.45) is 26.5. The average molecular weight is 457 g/mol. The molecule has 2 unspecified atom stereocenters. The molecule has 0 aromatic heterocycles. The van der Waals surface area contributed by atoms with Gasteiger partial charge in [0.25, 0.3) is 0 Å². The molecule has 0 spiro atoms. The van der Waals surface area contributed by atoms with Crippen molar-refractivity contribution in [1.29, 1.82) is 0 Å². The van der Waals surface area contributed by atoms with E-state index in [9.17, 15) is 5.11 Å². The molecule has 1 saturated heterocycles. The second-order valence-electron chi connectivity index (χ2n) is 9.88. The van der Waals surface area contributed by atoms with Crippen LogP contribution in [0.3, 0.4) is 0 Å². The predicted molar refractivity (Wildman–Crippen MR) is 135 cm³/mol. The number of aliphatic hydroxyl groups is 1. The molecule has 1 aliphatic heterocycles. The summed E-state index contributed by atoms with van der Waals surface area (Å²) >= 11 is 0. The van der Waals surface area contributed by atoms with E-state index in [1.165, 1.54) is 109 Å². The van der Waals surface area contributed by atoms with Crippen molar-refractivity contribution in [1.82, 2.24) is 0 Å². The Labute approximate surface area is 200 Å². The van der Waals surface area contributed by atoms with Gasteiger partial charge >= 0.3 is 0 Å². The van der Waals surface area contributed by atoms with Crippen molar-refractivity contribution in [3.8, 4) is 0 Å². The molecule has 1 rings (SSSR count). The average Bonchev–Trinajstić information content (AvgIpc) is 2.80. The highest BCUT2D eigenvalue weighted by Gasteiger charge is 2.13. The summed E-state index contributed by atoms with van der Waals surface area (Å²) in [6.45, 7) is 5.38. The van der Waals surface area contributed by atoms with E-state index in [1.807, 2.05) is 0 Å². The Kier molecular flexibility index (Phi) is 22.4. The standard InChI is InChI=1S/C28H56O4/c1-2-3-4-5-6-7-8-9-10-11-12-13-14-15-16-17-18-19-22-32-28-21-24-30-25-27(29)20-23-31-26-28/h27-29H,2-26H2,1H3. The predicted octanol–water partition coefficient (Wildman–Crippen LogP) is 7.60. The normalized spacial score (nSPS) is 20.4. The van der Waals surface area contributed by atoms with Crippen LogP contribution in [0.15, 0.2) is 0 Å². The fraction of sp³-hybridized carbons (Fsp3) is 1.00. The first kappa shape index (κ1) is 29.9. The second kappa shape index (κ2) is 24.0. The molecule has 2 atom stereocenters. The van der Waals surface area contributed by atoms with Crippen molar-refractivity contribution in [3.05, 3.63) is 0 Å². The zero-order valence-corrected chi connectivity index (χ0v) is 21.5. The van der Waals surface area contributed by atoms with E-state index in [-0.39, 0.29) is 6.10 Å². The number of hydrogen-bond donors (Lipinski definition) is 1. The van der Waals surface area contributed by atoms with Gasteiger partial charge in [-0.25, -0.2) is 0 Å². The lowest BCUT2D eigenvalue weighted by molar-refractivity contribution is -0.0617. The molecule has 0 bridgehead atoms. The van der Waals surface area contributed by atoms with Gasteiger partial charge in [0.2, 0.25) is 0 Å². The maximum atomic E-state index is 9.64. The maximum absolute atomic E-state index is 9.64. The van der Waals surface area contributed by atoms with Gasteiger partial charge < -0.3 is 19.3 Å². The van der Waals surface area contributed by atoms with Crippen molar-refractivity contribution < 1.29 is 19.3 Å². The third-order valence-electron chi connectivity index (χ3n) is 6.65. The van der Waals surface area contributed by atoms with Crippen molar-refractivity contribution >= 4 is 0 Å². The van der Waals surface area contributed by atoms with Crippen LogP contribution in [0.25, 0.3) is 0 Å². The third-order valence-corrected chi connectivity index (χ3v) is 6.65. The molecule has 1 N–H and O–H groups in total. The lowest BCUT2D eigenvalue weighted by atomic mass is 10.0. The molecule has 1 aliphatic rings. The number of hydrogen-bond acceptors (Lipinski definition) is 4. The fourth-order valence-electron chi connectivity index (χ4n) is 4.42.